The zero-order chi connectivity index (χ0) is 16.2. The molecular formula is C17H20N4O2. The lowest BCUT2D eigenvalue weighted by molar-refractivity contribution is 0.0525. The number of fused-ring (bicyclic) bond motifs is 1. The molecule has 1 aliphatic rings. The van der Waals surface area contributed by atoms with Crippen LogP contribution in [0.2, 0.25) is 0 Å². The van der Waals surface area contributed by atoms with Crippen molar-refractivity contribution < 1.29 is 9.53 Å². The van der Waals surface area contributed by atoms with E-state index in [0.717, 1.165) is 36.5 Å². The molecule has 1 aromatic heterocycles. The summed E-state index contributed by atoms with van der Waals surface area (Å²) in [6.07, 6.45) is 2.84. The average molecular weight is 312 g/mol. The molecule has 0 fully saturated rings. The SMILES string of the molecule is CCOC(=O)c1ccc(Nc2ncc3c(n2)CNCC3)cc1C. The van der Waals surface area contributed by atoms with Gasteiger partial charge in [-0.3, -0.25) is 0 Å². The Balaban J connectivity index is 1.78. The number of ether oxygens (including phenoxy) is 1. The van der Waals surface area contributed by atoms with Crippen LogP contribution in [-0.2, 0) is 17.7 Å². The summed E-state index contributed by atoms with van der Waals surface area (Å²) >= 11 is 0. The highest BCUT2D eigenvalue weighted by atomic mass is 16.5. The Morgan fingerprint density at radius 3 is 3.09 bits per heavy atom. The van der Waals surface area contributed by atoms with Crippen LogP contribution in [-0.4, -0.2) is 29.1 Å². The predicted molar refractivity (Wildman–Crippen MR) is 87.9 cm³/mol. The van der Waals surface area contributed by atoms with E-state index >= 15 is 0 Å². The van der Waals surface area contributed by atoms with Crippen LogP contribution >= 0.6 is 0 Å². The van der Waals surface area contributed by atoms with Crippen molar-refractivity contribution in [1.82, 2.24) is 15.3 Å². The Morgan fingerprint density at radius 1 is 1.43 bits per heavy atom. The maximum Gasteiger partial charge on any atom is 0.338 e. The van der Waals surface area contributed by atoms with Crippen LogP contribution in [0.4, 0.5) is 11.6 Å². The van der Waals surface area contributed by atoms with Crippen LogP contribution in [0.15, 0.2) is 24.4 Å². The molecule has 0 saturated carbocycles. The number of rotatable bonds is 4. The highest BCUT2D eigenvalue weighted by Crippen LogP contribution is 2.20. The highest BCUT2D eigenvalue weighted by molar-refractivity contribution is 5.91. The molecule has 0 aliphatic carbocycles. The van der Waals surface area contributed by atoms with Gasteiger partial charge in [-0.15, -0.1) is 0 Å². The highest BCUT2D eigenvalue weighted by Gasteiger charge is 2.13. The molecule has 0 saturated heterocycles. The second-order valence-electron chi connectivity index (χ2n) is 5.47. The van der Waals surface area contributed by atoms with E-state index in [1.54, 1.807) is 13.0 Å². The maximum absolute atomic E-state index is 11.8. The molecule has 0 spiro atoms. The number of anilines is 2. The molecule has 120 valence electrons. The van der Waals surface area contributed by atoms with Gasteiger partial charge in [0.25, 0.3) is 0 Å². The van der Waals surface area contributed by atoms with Crippen molar-refractivity contribution in [1.29, 1.82) is 0 Å². The van der Waals surface area contributed by atoms with Crippen LogP contribution in [0.25, 0.3) is 0 Å². The molecular weight excluding hydrogens is 292 g/mol. The smallest absolute Gasteiger partial charge is 0.338 e. The number of carbonyl (C=O) groups excluding carboxylic acids is 1. The van der Waals surface area contributed by atoms with Gasteiger partial charge < -0.3 is 15.4 Å². The van der Waals surface area contributed by atoms with Crippen LogP contribution in [0.3, 0.4) is 0 Å². The average Bonchev–Trinajstić information content (AvgIpc) is 2.55. The van der Waals surface area contributed by atoms with Gasteiger partial charge in [0.1, 0.15) is 0 Å². The van der Waals surface area contributed by atoms with Crippen LogP contribution in [0.5, 0.6) is 0 Å². The molecule has 2 N–H and O–H groups in total. The normalized spacial score (nSPS) is 13.3. The second kappa shape index (κ2) is 6.75. The summed E-state index contributed by atoms with van der Waals surface area (Å²) in [6, 6.07) is 5.49. The fourth-order valence-corrected chi connectivity index (χ4v) is 2.60. The van der Waals surface area contributed by atoms with E-state index in [1.807, 2.05) is 25.3 Å². The van der Waals surface area contributed by atoms with Gasteiger partial charge in [-0.1, -0.05) is 0 Å². The molecule has 0 bridgehead atoms. The number of aromatic nitrogens is 2. The molecule has 6 nitrogen and oxygen atoms in total. The van der Waals surface area contributed by atoms with Crippen molar-refractivity contribution in [3.63, 3.8) is 0 Å². The molecule has 0 amide bonds. The van der Waals surface area contributed by atoms with E-state index in [4.69, 9.17) is 4.74 Å². The van der Waals surface area contributed by atoms with Crippen molar-refractivity contribution in [3.8, 4) is 0 Å². The van der Waals surface area contributed by atoms with Crippen molar-refractivity contribution >= 4 is 17.6 Å². The number of hydrogen-bond acceptors (Lipinski definition) is 6. The van der Waals surface area contributed by atoms with Crippen molar-refractivity contribution in [2.75, 3.05) is 18.5 Å². The number of benzene rings is 1. The third kappa shape index (κ3) is 3.48. The number of aryl methyl sites for hydroxylation is 1. The van der Waals surface area contributed by atoms with E-state index in [2.05, 4.69) is 20.6 Å². The van der Waals surface area contributed by atoms with Gasteiger partial charge in [-0.2, -0.15) is 0 Å². The van der Waals surface area contributed by atoms with Gasteiger partial charge >= 0.3 is 5.97 Å². The van der Waals surface area contributed by atoms with Gasteiger partial charge in [0.05, 0.1) is 17.9 Å². The van der Waals surface area contributed by atoms with E-state index < -0.39 is 0 Å². The van der Waals surface area contributed by atoms with Gasteiger partial charge in [-0.25, -0.2) is 14.8 Å². The number of nitrogens with zero attached hydrogens (tertiary/aromatic N) is 2. The Bertz CT molecular complexity index is 731. The fraction of sp³-hybridized carbons (Fsp3) is 0.353. The molecule has 0 atom stereocenters. The minimum Gasteiger partial charge on any atom is -0.462 e. The summed E-state index contributed by atoms with van der Waals surface area (Å²) in [5, 5.41) is 6.49. The van der Waals surface area contributed by atoms with Crippen molar-refractivity contribution in [2.45, 2.75) is 26.8 Å². The Labute approximate surface area is 135 Å². The standard InChI is InChI=1S/C17H20N4O2/c1-3-23-16(22)14-5-4-13(8-11(14)2)20-17-19-9-12-6-7-18-10-15(12)21-17/h4-5,8-9,18H,3,6-7,10H2,1-2H3,(H,19,20,21). The summed E-state index contributed by atoms with van der Waals surface area (Å²) in [4.78, 5) is 20.7. The van der Waals surface area contributed by atoms with Gasteiger partial charge in [0.2, 0.25) is 5.95 Å². The van der Waals surface area contributed by atoms with Gasteiger partial charge in [-0.05, 0) is 56.1 Å². The molecule has 1 aliphatic heterocycles. The summed E-state index contributed by atoms with van der Waals surface area (Å²) in [7, 11) is 0. The van der Waals surface area contributed by atoms with Crippen LogP contribution in [0, 0.1) is 6.92 Å². The van der Waals surface area contributed by atoms with Crippen LogP contribution in [0.1, 0.15) is 34.1 Å². The first-order valence-corrected chi connectivity index (χ1v) is 7.77. The fourth-order valence-electron chi connectivity index (χ4n) is 2.60. The third-order valence-electron chi connectivity index (χ3n) is 3.80. The summed E-state index contributed by atoms with van der Waals surface area (Å²) in [6.45, 7) is 5.79. The first-order chi connectivity index (χ1) is 11.2. The van der Waals surface area contributed by atoms with Gasteiger partial charge in [0.15, 0.2) is 0 Å². The number of hydrogen-bond donors (Lipinski definition) is 2. The van der Waals surface area contributed by atoms with E-state index in [1.165, 1.54) is 5.56 Å². The zero-order valence-corrected chi connectivity index (χ0v) is 13.3. The lowest BCUT2D eigenvalue weighted by atomic mass is 10.1. The van der Waals surface area contributed by atoms with Crippen molar-refractivity contribution in [2.24, 2.45) is 0 Å². The Kier molecular flexibility index (Phi) is 4.52. The van der Waals surface area contributed by atoms with Crippen LogP contribution < -0.4 is 10.6 Å². The molecule has 23 heavy (non-hydrogen) atoms. The summed E-state index contributed by atoms with van der Waals surface area (Å²) in [5.74, 6) is 0.267. The van der Waals surface area contributed by atoms with E-state index in [0.29, 0.717) is 18.1 Å². The first kappa shape index (κ1) is 15.4. The maximum atomic E-state index is 11.8. The van der Waals surface area contributed by atoms with E-state index in [-0.39, 0.29) is 5.97 Å². The molecule has 6 heteroatoms. The summed E-state index contributed by atoms with van der Waals surface area (Å²) < 4.78 is 5.04. The van der Waals surface area contributed by atoms with Gasteiger partial charge in [0, 0.05) is 18.4 Å². The molecule has 3 rings (SSSR count). The molecule has 0 unspecified atom stereocenters. The van der Waals surface area contributed by atoms with Crippen molar-refractivity contribution in [3.05, 3.63) is 46.8 Å². The Morgan fingerprint density at radius 2 is 2.30 bits per heavy atom. The monoisotopic (exact) mass is 312 g/mol. The Hall–Kier alpha value is -2.47. The minimum absolute atomic E-state index is 0.298. The lowest BCUT2D eigenvalue weighted by Crippen LogP contribution is -2.25. The topological polar surface area (TPSA) is 76.1 Å². The molecule has 1 aromatic carbocycles. The molecule has 0 radical (unpaired) electrons. The first-order valence-electron chi connectivity index (χ1n) is 7.77. The second-order valence-corrected chi connectivity index (χ2v) is 5.47. The minimum atomic E-state index is -0.298. The third-order valence-corrected chi connectivity index (χ3v) is 3.80. The largest absolute Gasteiger partial charge is 0.462 e. The molecule has 2 heterocycles. The van der Waals surface area contributed by atoms with E-state index in [9.17, 15) is 4.79 Å². The lowest BCUT2D eigenvalue weighted by Gasteiger charge is -2.16. The quantitative estimate of drug-likeness (QED) is 0.844. The zero-order valence-electron chi connectivity index (χ0n) is 13.3. The summed E-state index contributed by atoms with van der Waals surface area (Å²) in [5.41, 5.74) is 4.51. The number of carbonyl (C=O) groups is 1. The molecule has 2 aromatic rings. The predicted octanol–water partition coefficient (Wildman–Crippen LogP) is 2.35. The number of esters is 1. The number of nitrogens with one attached hydrogen (secondary N) is 2.